The van der Waals surface area contributed by atoms with Crippen LogP contribution in [0.1, 0.15) is 42.1 Å². The van der Waals surface area contributed by atoms with E-state index in [0.717, 1.165) is 32.5 Å². The largest absolute Gasteiger partial charge is 0.363 e. The van der Waals surface area contributed by atoms with Gasteiger partial charge in [-0.1, -0.05) is 73.2 Å². The molecule has 6 heteroatoms. The van der Waals surface area contributed by atoms with E-state index >= 15 is 0 Å². The van der Waals surface area contributed by atoms with E-state index in [2.05, 4.69) is 41.2 Å². The average Bonchev–Trinajstić information content (AvgIpc) is 2.84. The molecular formula is C27H34N4O2. The number of aryl methyl sites for hydroxylation is 1. The van der Waals surface area contributed by atoms with Crippen molar-refractivity contribution >= 4 is 11.6 Å². The van der Waals surface area contributed by atoms with Crippen LogP contribution in [-0.4, -0.2) is 45.9 Å². The van der Waals surface area contributed by atoms with Crippen LogP contribution in [0.2, 0.25) is 0 Å². The Morgan fingerprint density at radius 1 is 1.03 bits per heavy atom. The molecule has 0 saturated carbocycles. The van der Waals surface area contributed by atoms with Crippen LogP contribution in [-0.2, 0) is 6.54 Å². The first-order valence-corrected chi connectivity index (χ1v) is 11.7. The molecule has 0 unspecified atom stereocenters. The molecule has 1 saturated heterocycles. The minimum absolute atomic E-state index is 0.0228. The summed E-state index contributed by atoms with van der Waals surface area (Å²) in [7, 11) is 0. The Kier molecular flexibility index (Phi) is 9.39. The van der Waals surface area contributed by atoms with Gasteiger partial charge in [0.05, 0.1) is 6.54 Å². The molecule has 33 heavy (non-hydrogen) atoms. The number of likely N-dealkylation sites (tertiary alicyclic amines) is 1. The molecule has 1 aromatic heterocycles. The number of anilines is 1. The van der Waals surface area contributed by atoms with Gasteiger partial charge >= 0.3 is 0 Å². The molecular weight excluding hydrogens is 412 g/mol. The summed E-state index contributed by atoms with van der Waals surface area (Å²) in [5, 5.41) is 3.28. The molecule has 2 aromatic carbocycles. The van der Waals surface area contributed by atoms with Gasteiger partial charge in [0, 0.05) is 37.1 Å². The van der Waals surface area contributed by atoms with Crippen LogP contribution in [0.25, 0.3) is 0 Å². The maximum atomic E-state index is 12.7. The van der Waals surface area contributed by atoms with Gasteiger partial charge in [0.2, 0.25) is 0 Å². The zero-order valence-corrected chi connectivity index (χ0v) is 19.6. The Morgan fingerprint density at radius 3 is 2.24 bits per heavy atom. The third kappa shape index (κ3) is 7.68. The zero-order valence-electron chi connectivity index (χ0n) is 19.6. The van der Waals surface area contributed by atoms with E-state index in [4.69, 9.17) is 0 Å². The van der Waals surface area contributed by atoms with Crippen molar-refractivity contribution in [3.8, 4) is 0 Å². The molecule has 1 aliphatic heterocycles. The van der Waals surface area contributed by atoms with Crippen LogP contribution < -0.4 is 10.9 Å². The Hall–Kier alpha value is -3.25. The van der Waals surface area contributed by atoms with E-state index in [-0.39, 0.29) is 23.9 Å². The fourth-order valence-electron chi connectivity index (χ4n) is 3.89. The van der Waals surface area contributed by atoms with Gasteiger partial charge < -0.3 is 14.8 Å². The number of piperidine rings is 1. The summed E-state index contributed by atoms with van der Waals surface area (Å²) in [5.41, 5.74) is 1.68. The van der Waals surface area contributed by atoms with Crippen molar-refractivity contribution in [3.05, 3.63) is 94.5 Å². The minimum atomic E-state index is -0.243. The van der Waals surface area contributed by atoms with Crippen LogP contribution in [0.3, 0.4) is 0 Å². The van der Waals surface area contributed by atoms with Crippen LogP contribution in [0.4, 0.5) is 5.82 Å². The van der Waals surface area contributed by atoms with Gasteiger partial charge in [0.25, 0.3) is 5.56 Å². The van der Waals surface area contributed by atoms with Crippen molar-refractivity contribution in [1.82, 2.24) is 14.5 Å². The van der Waals surface area contributed by atoms with Gasteiger partial charge in [0.15, 0.2) is 11.6 Å². The van der Waals surface area contributed by atoms with Gasteiger partial charge in [-0.25, -0.2) is 4.98 Å². The van der Waals surface area contributed by atoms with Crippen molar-refractivity contribution in [1.29, 1.82) is 0 Å². The summed E-state index contributed by atoms with van der Waals surface area (Å²) < 4.78 is 1.43. The highest BCUT2D eigenvalue weighted by atomic mass is 16.1. The number of rotatable bonds is 7. The van der Waals surface area contributed by atoms with Crippen molar-refractivity contribution in [2.75, 3.05) is 25.0 Å². The molecule has 0 atom stereocenters. The number of hydrogen-bond donors (Lipinski definition) is 1. The highest BCUT2D eigenvalue weighted by molar-refractivity contribution is 5.95. The molecule has 174 valence electrons. The smallest absolute Gasteiger partial charge is 0.293 e. The molecule has 0 radical (unpaired) electrons. The molecule has 1 N–H and O–H groups in total. The van der Waals surface area contributed by atoms with Gasteiger partial charge in [0.1, 0.15) is 0 Å². The van der Waals surface area contributed by atoms with E-state index in [1.54, 1.807) is 24.5 Å². The van der Waals surface area contributed by atoms with E-state index in [1.165, 1.54) is 16.6 Å². The average molecular weight is 447 g/mol. The normalized spacial score (nSPS) is 14.2. The minimum Gasteiger partial charge on any atom is -0.363 e. The Balaban J connectivity index is 0.000000374. The van der Waals surface area contributed by atoms with Crippen LogP contribution >= 0.6 is 0 Å². The lowest BCUT2D eigenvalue weighted by atomic mass is 10.0. The Bertz CT molecular complexity index is 1040. The number of ketones is 1. The van der Waals surface area contributed by atoms with Gasteiger partial charge in [-0.15, -0.1) is 0 Å². The standard InChI is InChI=1S/C20H26N4O2.C7H8/c1-2-11-23-12-8-17(9-13-23)22-19-20(26)24(14-10-21-19)15-18(25)16-6-4-3-5-7-16;1-7-5-3-2-4-6-7/h3-7,10,14,17H,2,8-9,11-13,15H2,1H3,(H,21,22);2-6H,1H3. The highest BCUT2D eigenvalue weighted by Crippen LogP contribution is 2.13. The number of nitrogens with one attached hydrogen (secondary N) is 1. The molecule has 0 aliphatic carbocycles. The predicted octanol–water partition coefficient (Wildman–Crippen LogP) is 4.41. The lowest BCUT2D eigenvalue weighted by molar-refractivity contribution is 0.0971. The topological polar surface area (TPSA) is 67.2 Å². The summed E-state index contributed by atoms with van der Waals surface area (Å²) in [6.07, 6.45) is 6.31. The SMILES string of the molecule is CCCN1CCC(Nc2nccn(CC(=O)c3ccccc3)c2=O)CC1.Cc1ccccc1. The summed E-state index contributed by atoms with van der Waals surface area (Å²) in [6.45, 7) is 7.51. The fraction of sp³-hybridized carbons (Fsp3) is 0.370. The Morgan fingerprint density at radius 2 is 1.67 bits per heavy atom. The molecule has 0 bridgehead atoms. The third-order valence-electron chi connectivity index (χ3n) is 5.73. The maximum Gasteiger partial charge on any atom is 0.293 e. The first-order chi connectivity index (χ1) is 16.1. The molecule has 3 aromatic rings. The zero-order chi connectivity index (χ0) is 23.5. The fourth-order valence-corrected chi connectivity index (χ4v) is 3.89. The molecule has 4 rings (SSSR count). The monoisotopic (exact) mass is 446 g/mol. The summed E-state index contributed by atoms with van der Waals surface area (Å²) in [6, 6.07) is 19.5. The van der Waals surface area contributed by atoms with E-state index in [1.807, 2.05) is 36.4 Å². The predicted molar refractivity (Wildman–Crippen MR) is 134 cm³/mol. The van der Waals surface area contributed by atoms with Gasteiger partial charge in [-0.3, -0.25) is 9.59 Å². The Labute approximate surface area is 196 Å². The van der Waals surface area contributed by atoms with Gasteiger partial charge in [-0.05, 0) is 32.7 Å². The second kappa shape index (κ2) is 12.7. The quantitative estimate of drug-likeness (QED) is 0.545. The van der Waals surface area contributed by atoms with E-state index in [9.17, 15) is 9.59 Å². The lowest BCUT2D eigenvalue weighted by Gasteiger charge is -2.32. The first kappa shape index (κ1) is 24.4. The molecule has 6 nitrogen and oxygen atoms in total. The molecule has 1 aliphatic rings. The van der Waals surface area contributed by atoms with Crippen molar-refractivity contribution in [2.45, 2.75) is 45.7 Å². The third-order valence-corrected chi connectivity index (χ3v) is 5.73. The van der Waals surface area contributed by atoms with Crippen molar-refractivity contribution < 1.29 is 4.79 Å². The van der Waals surface area contributed by atoms with Crippen LogP contribution in [0.5, 0.6) is 0 Å². The highest BCUT2D eigenvalue weighted by Gasteiger charge is 2.20. The van der Waals surface area contributed by atoms with Crippen molar-refractivity contribution in [2.24, 2.45) is 0 Å². The molecule has 2 heterocycles. The van der Waals surface area contributed by atoms with Crippen LogP contribution in [0.15, 0.2) is 77.9 Å². The van der Waals surface area contributed by atoms with E-state index < -0.39 is 0 Å². The number of benzene rings is 2. The second-order valence-corrected chi connectivity index (χ2v) is 8.41. The number of carbonyl (C=O) groups is 1. The number of aromatic nitrogens is 2. The summed E-state index contributed by atoms with van der Waals surface area (Å²) >= 11 is 0. The van der Waals surface area contributed by atoms with E-state index in [0.29, 0.717) is 11.4 Å². The number of Topliss-reactive ketones (excluding diaryl/α,β-unsaturated/α-hetero) is 1. The maximum absolute atomic E-state index is 12.7. The molecule has 0 amide bonds. The number of carbonyl (C=O) groups excluding carboxylic acids is 1. The number of nitrogens with zero attached hydrogens (tertiary/aromatic N) is 3. The second-order valence-electron chi connectivity index (χ2n) is 8.41. The number of hydrogen-bond acceptors (Lipinski definition) is 5. The lowest BCUT2D eigenvalue weighted by Crippen LogP contribution is -2.40. The summed E-state index contributed by atoms with van der Waals surface area (Å²) in [4.78, 5) is 31.7. The first-order valence-electron chi connectivity index (χ1n) is 11.7. The van der Waals surface area contributed by atoms with Gasteiger partial charge in [-0.2, -0.15) is 0 Å². The molecule has 1 fully saturated rings. The molecule has 0 spiro atoms. The summed E-state index contributed by atoms with van der Waals surface area (Å²) in [5.74, 6) is 0.250. The van der Waals surface area contributed by atoms with Crippen LogP contribution in [0, 0.1) is 6.92 Å². The van der Waals surface area contributed by atoms with Crippen molar-refractivity contribution in [3.63, 3.8) is 0 Å².